The number of ether oxygens (including phenoxy) is 4. The lowest BCUT2D eigenvalue weighted by Crippen LogP contribution is -2.11. The van der Waals surface area contributed by atoms with Crippen LogP contribution in [0.1, 0.15) is 11.1 Å². The maximum atomic E-state index is 7.30. The fourth-order valence-corrected chi connectivity index (χ4v) is 1.55. The lowest BCUT2D eigenvalue weighted by Gasteiger charge is -2.07. The summed E-state index contributed by atoms with van der Waals surface area (Å²) in [5.74, 6) is 0.0728. The molecular formula is C15H24N2O4. The van der Waals surface area contributed by atoms with Crippen molar-refractivity contribution in [1.29, 1.82) is 5.41 Å². The van der Waals surface area contributed by atoms with Crippen molar-refractivity contribution in [1.82, 2.24) is 0 Å². The summed E-state index contributed by atoms with van der Waals surface area (Å²) < 4.78 is 21.0. The van der Waals surface area contributed by atoms with Crippen LogP contribution in [0.2, 0.25) is 0 Å². The molecule has 0 unspecified atom stereocenters. The Morgan fingerprint density at radius 2 is 1.43 bits per heavy atom. The number of methoxy groups -OCH3 is 1. The summed E-state index contributed by atoms with van der Waals surface area (Å²) in [5, 5.41) is 7.30. The van der Waals surface area contributed by atoms with E-state index in [1.165, 1.54) is 0 Å². The Bertz CT molecular complexity index is 395. The first-order valence-corrected chi connectivity index (χ1v) is 6.89. The summed E-state index contributed by atoms with van der Waals surface area (Å²) in [4.78, 5) is 0. The van der Waals surface area contributed by atoms with Crippen molar-refractivity contribution in [2.75, 3.05) is 46.8 Å². The average Bonchev–Trinajstić information content (AvgIpc) is 2.49. The summed E-state index contributed by atoms with van der Waals surface area (Å²) in [6, 6.07) is 7.44. The molecular weight excluding hydrogens is 272 g/mol. The van der Waals surface area contributed by atoms with Crippen LogP contribution in [0.15, 0.2) is 24.3 Å². The molecule has 0 saturated heterocycles. The predicted molar refractivity (Wildman–Crippen MR) is 80.6 cm³/mol. The van der Waals surface area contributed by atoms with Crippen molar-refractivity contribution in [3.8, 4) is 0 Å². The second-order valence-electron chi connectivity index (χ2n) is 4.38. The highest BCUT2D eigenvalue weighted by atomic mass is 16.6. The number of nitrogens with one attached hydrogen (secondary N) is 1. The molecule has 118 valence electrons. The number of hydrogen-bond acceptors (Lipinski definition) is 5. The fourth-order valence-electron chi connectivity index (χ4n) is 1.55. The quantitative estimate of drug-likeness (QED) is 0.343. The molecule has 6 heteroatoms. The molecule has 0 radical (unpaired) electrons. The van der Waals surface area contributed by atoms with Gasteiger partial charge in [-0.15, -0.1) is 0 Å². The minimum absolute atomic E-state index is 0.0728. The van der Waals surface area contributed by atoms with Crippen LogP contribution < -0.4 is 5.73 Å². The highest BCUT2D eigenvalue weighted by Crippen LogP contribution is 2.05. The Balaban J connectivity index is 1.98. The molecule has 0 heterocycles. The molecule has 0 bridgehead atoms. The van der Waals surface area contributed by atoms with E-state index in [0.717, 1.165) is 11.1 Å². The average molecular weight is 296 g/mol. The molecule has 1 aromatic rings. The van der Waals surface area contributed by atoms with Crippen molar-refractivity contribution >= 4 is 5.84 Å². The third kappa shape index (κ3) is 8.41. The highest BCUT2D eigenvalue weighted by Gasteiger charge is 1.97. The fraction of sp³-hybridized carbons (Fsp3) is 0.533. The van der Waals surface area contributed by atoms with Gasteiger partial charge in [0.2, 0.25) is 0 Å². The van der Waals surface area contributed by atoms with Crippen molar-refractivity contribution < 1.29 is 18.9 Å². The van der Waals surface area contributed by atoms with Gasteiger partial charge < -0.3 is 24.7 Å². The topological polar surface area (TPSA) is 86.8 Å². The van der Waals surface area contributed by atoms with Crippen LogP contribution in [0, 0.1) is 5.41 Å². The first-order valence-electron chi connectivity index (χ1n) is 6.89. The number of hydrogen-bond donors (Lipinski definition) is 2. The van der Waals surface area contributed by atoms with Gasteiger partial charge in [0, 0.05) is 12.7 Å². The van der Waals surface area contributed by atoms with Crippen LogP contribution in [-0.4, -0.2) is 52.6 Å². The third-order valence-electron chi connectivity index (χ3n) is 2.71. The van der Waals surface area contributed by atoms with E-state index in [1.54, 1.807) is 7.11 Å². The van der Waals surface area contributed by atoms with Crippen LogP contribution in [0.3, 0.4) is 0 Å². The van der Waals surface area contributed by atoms with E-state index in [9.17, 15) is 0 Å². The standard InChI is InChI=1S/C15H24N2O4/c1-18-6-7-19-8-9-20-10-11-21-12-13-2-4-14(5-3-13)15(16)17/h2-5H,6-12H2,1H3,(H3,16,17). The molecule has 0 aliphatic heterocycles. The van der Waals surface area contributed by atoms with Crippen LogP contribution in [-0.2, 0) is 25.6 Å². The van der Waals surface area contributed by atoms with Gasteiger partial charge in [-0.25, -0.2) is 0 Å². The van der Waals surface area contributed by atoms with Gasteiger partial charge in [0.05, 0.1) is 46.2 Å². The second-order valence-corrected chi connectivity index (χ2v) is 4.38. The summed E-state index contributed by atoms with van der Waals surface area (Å²) in [7, 11) is 1.64. The first kappa shape index (κ1) is 17.6. The highest BCUT2D eigenvalue weighted by molar-refractivity contribution is 5.94. The van der Waals surface area contributed by atoms with Crippen molar-refractivity contribution in [2.45, 2.75) is 6.61 Å². The van der Waals surface area contributed by atoms with E-state index >= 15 is 0 Å². The van der Waals surface area contributed by atoms with E-state index in [4.69, 9.17) is 30.1 Å². The minimum atomic E-state index is 0.0728. The normalized spacial score (nSPS) is 10.7. The lowest BCUT2D eigenvalue weighted by molar-refractivity contribution is 0.000869. The van der Waals surface area contributed by atoms with E-state index in [-0.39, 0.29) is 5.84 Å². The van der Waals surface area contributed by atoms with Gasteiger partial charge in [-0.2, -0.15) is 0 Å². The predicted octanol–water partition coefficient (Wildman–Crippen LogP) is 1.17. The van der Waals surface area contributed by atoms with Gasteiger partial charge in [0.25, 0.3) is 0 Å². The number of benzene rings is 1. The molecule has 21 heavy (non-hydrogen) atoms. The van der Waals surface area contributed by atoms with E-state index in [1.807, 2.05) is 24.3 Å². The number of rotatable bonds is 12. The maximum absolute atomic E-state index is 7.30. The third-order valence-corrected chi connectivity index (χ3v) is 2.71. The molecule has 0 fully saturated rings. The van der Waals surface area contributed by atoms with Crippen LogP contribution >= 0.6 is 0 Å². The van der Waals surface area contributed by atoms with Crippen molar-refractivity contribution in [2.24, 2.45) is 5.73 Å². The molecule has 0 aromatic heterocycles. The first-order chi connectivity index (χ1) is 10.2. The van der Waals surface area contributed by atoms with Gasteiger partial charge in [-0.05, 0) is 5.56 Å². The van der Waals surface area contributed by atoms with Gasteiger partial charge in [-0.3, -0.25) is 5.41 Å². The van der Waals surface area contributed by atoms with E-state index < -0.39 is 0 Å². The summed E-state index contributed by atoms with van der Waals surface area (Å²) >= 11 is 0. The van der Waals surface area contributed by atoms with E-state index in [2.05, 4.69) is 0 Å². The van der Waals surface area contributed by atoms with Crippen molar-refractivity contribution in [3.05, 3.63) is 35.4 Å². The Kier molecular flexibility index (Phi) is 9.39. The van der Waals surface area contributed by atoms with E-state index in [0.29, 0.717) is 46.2 Å². The Hall–Kier alpha value is -1.47. The number of nitrogen functional groups attached to an aromatic ring is 1. The zero-order valence-corrected chi connectivity index (χ0v) is 12.5. The molecule has 0 amide bonds. The molecule has 1 aromatic carbocycles. The zero-order chi connectivity index (χ0) is 15.3. The zero-order valence-electron chi connectivity index (χ0n) is 12.5. The second kappa shape index (κ2) is 11.2. The Labute approximate surface area is 125 Å². The largest absolute Gasteiger partial charge is 0.384 e. The van der Waals surface area contributed by atoms with Gasteiger partial charge in [0.15, 0.2) is 0 Å². The smallest absolute Gasteiger partial charge is 0.122 e. The van der Waals surface area contributed by atoms with Crippen LogP contribution in [0.25, 0.3) is 0 Å². The lowest BCUT2D eigenvalue weighted by atomic mass is 10.1. The van der Waals surface area contributed by atoms with Gasteiger partial charge >= 0.3 is 0 Å². The summed E-state index contributed by atoms with van der Waals surface area (Å²) in [6.45, 7) is 3.91. The summed E-state index contributed by atoms with van der Waals surface area (Å²) in [5.41, 5.74) is 7.15. The number of nitrogens with two attached hydrogens (primary N) is 1. The number of amidine groups is 1. The van der Waals surface area contributed by atoms with Crippen LogP contribution in [0.5, 0.6) is 0 Å². The SMILES string of the molecule is COCCOCCOCCOCc1ccc(C(=N)N)cc1. The molecule has 0 aliphatic rings. The monoisotopic (exact) mass is 296 g/mol. The van der Waals surface area contributed by atoms with Gasteiger partial charge in [-0.1, -0.05) is 24.3 Å². The summed E-state index contributed by atoms with van der Waals surface area (Å²) in [6.07, 6.45) is 0. The molecule has 0 aliphatic carbocycles. The molecule has 0 atom stereocenters. The molecule has 3 N–H and O–H groups in total. The molecule has 0 spiro atoms. The Morgan fingerprint density at radius 1 is 0.905 bits per heavy atom. The maximum Gasteiger partial charge on any atom is 0.122 e. The minimum Gasteiger partial charge on any atom is -0.384 e. The van der Waals surface area contributed by atoms with Crippen molar-refractivity contribution in [3.63, 3.8) is 0 Å². The Morgan fingerprint density at radius 3 is 1.95 bits per heavy atom. The van der Waals surface area contributed by atoms with Gasteiger partial charge in [0.1, 0.15) is 5.84 Å². The molecule has 6 nitrogen and oxygen atoms in total. The molecule has 0 saturated carbocycles. The molecule has 1 rings (SSSR count). The van der Waals surface area contributed by atoms with Crippen LogP contribution in [0.4, 0.5) is 0 Å².